The average molecular weight is 303 g/mol. The molecule has 0 spiro atoms. The highest BCUT2D eigenvalue weighted by atomic mass is 35.5. The fourth-order valence-electron chi connectivity index (χ4n) is 1.26. The molecule has 0 fully saturated rings. The monoisotopic (exact) mass is 302 g/mol. The topological polar surface area (TPSA) is 72.2 Å². The molecule has 0 amide bonds. The first kappa shape index (κ1) is 15.1. The van der Waals surface area contributed by atoms with E-state index in [9.17, 15) is 21.6 Å². The van der Waals surface area contributed by atoms with Gasteiger partial charge in [-0.05, 0) is 12.1 Å². The van der Waals surface area contributed by atoms with E-state index in [4.69, 9.17) is 16.7 Å². The standard InChI is InChI=1S/C9H10ClF3N2O2S/c10-7-3-1-2-6(9(11,12)13)8(7)15-4-5-18(14,16)17/h1-3,15H,4-5H2,(H2,14,16,17). The molecule has 0 aliphatic carbocycles. The second-order valence-corrected chi connectivity index (χ2v) is 5.60. The zero-order chi connectivity index (χ0) is 14.0. The van der Waals surface area contributed by atoms with Crippen LogP contribution in [0.25, 0.3) is 0 Å². The number of alkyl halides is 3. The summed E-state index contributed by atoms with van der Waals surface area (Å²) in [5, 5.41) is 6.93. The Bertz CT molecular complexity index is 531. The van der Waals surface area contributed by atoms with Gasteiger partial charge in [0, 0.05) is 6.54 Å². The minimum atomic E-state index is -4.57. The third-order valence-corrected chi connectivity index (χ3v) is 3.10. The van der Waals surface area contributed by atoms with Crippen LogP contribution in [0.4, 0.5) is 18.9 Å². The Hall–Kier alpha value is -0.990. The van der Waals surface area contributed by atoms with Crippen molar-refractivity contribution < 1.29 is 21.6 Å². The van der Waals surface area contributed by atoms with Crippen LogP contribution in [0.3, 0.4) is 0 Å². The molecule has 1 rings (SSSR count). The highest BCUT2D eigenvalue weighted by Crippen LogP contribution is 2.38. The molecule has 0 bridgehead atoms. The molecule has 0 heterocycles. The number of anilines is 1. The number of nitrogens with one attached hydrogen (secondary N) is 1. The molecular formula is C9H10ClF3N2O2S. The van der Waals surface area contributed by atoms with Gasteiger partial charge in [0.2, 0.25) is 10.0 Å². The molecule has 0 atom stereocenters. The van der Waals surface area contributed by atoms with Crippen LogP contribution in [0.1, 0.15) is 5.56 Å². The summed E-state index contributed by atoms with van der Waals surface area (Å²) in [7, 11) is -3.74. The van der Waals surface area contributed by atoms with Crippen LogP contribution in [-0.4, -0.2) is 20.7 Å². The predicted octanol–water partition coefficient (Wildman–Crippen LogP) is 2.06. The number of benzene rings is 1. The van der Waals surface area contributed by atoms with Crippen LogP contribution in [0.5, 0.6) is 0 Å². The van der Waals surface area contributed by atoms with Crippen LogP contribution in [0.15, 0.2) is 18.2 Å². The van der Waals surface area contributed by atoms with E-state index in [0.29, 0.717) is 0 Å². The summed E-state index contributed by atoms with van der Waals surface area (Å²) < 4.78 is 59.3. The lowest BCUT2D eigenvalue weighted by Crippen LogP contribution is -2.23. The van der Waals surface area contributed by atoms with Gasteiger partial charge in [-0.2, -0.15) is 13.2 Å². The van der Waals surface area contributed by atoms with Gasteiger partial charge in [0.1, 0.15) is 0 Å². The lowest BCUT2D eigenvalue weighted by molar-refractivity contribution is -0.136. The summed E-state index contributed by atoms with van der Waals surface area (Å²) >= 11 is 5.64. The Morgan fingerprint density at radius 2 is 1.94 bits per heavy atom. The number of sulfonamides is 1. The first-order valence-corrected chi connectivity index (χ1v) is 6.80. The van der Waals surface area contributed by atoms with Gasteiger partial charge in [-0.25, -0.2) is 13.6 Å². The van der Waals surface area contributed by atoms with Crippen molar-refractivity contribution in [3.8, 4) is 0 Å². The van der Waals surface area contributed by atoms with E-state index < -0.39 is 27.5 Å². The second-order valence-electron chi connectivity index (χ2n) is 3.45. The van der Waals surface area contributed by atoms with Gasteiger partial charge in [-0.1, -0.05) is 17.7 Å². The van der Waals surface area contributed by atoms with E-state index in [1.807, 2.05) is 0 Å². The highest BCUT2D eigenvalue weighted by molar-refractivity contribution is 7.89. The SMILES string of the molecule is NS(=O)(=O)CCNc1c(Cl)cccc1C(F)(F)F. The predicted molar refractivity (Wildman–Crippen MR) is 62.9 cm³/mol. The molecule has 0 saturated carbocycles. The van der Waals surface area contributed by atoms with Crippen molar-refractivity contribution >= 4 is 27.3 Å². The lowest BCUT2D eigenvalue weighted by Gasteiger charge is -2.15. The zero-order valence-electron chi connectivity index (χ0n) is 8.96. The van der Waals surface area contributed by atoms with Crippen LogP contribution in [-0.2, 0) is 16.2 Å². The largest absolute Gasteiger partial charge is 0.418 e. The molecule has 0 aliphatic rings. The molecular weight excluding hydrogens is 293 g/mol. The van der Waals surface area contributed by atoms with Gasteiger partial charge < -0.3 is 5.32 Å². The van der Waals surface area contributed by atoms with Gasteiger partial charge in [0.25, 0.3) is 0 Å². The number of nitrogens with two attached hydrogens (primary N) is 1. The van der Waals surface area contributed by atoms with E-state index in [-0.39, 0.29) is 17.3 Å². The van der Waals surface area contributed by atoms with Gasteiger partial charge in [0.15, 0.2) is 0 Å². The van der Waals surface area contributed by atoms with Crippen molar-refractivity contribution in [3.63, 3.8) is 0 Å². The Kier molecular flexibility index (Phi) is 4.46. The Morgan fingerprint density at radius 1 is 1.33 bits per heavy atom. The van der Waals surface area contributed by atoms with Crippen molar-refractivity contribution in [2.24, 2.45) is 5.14 Å². The molecule has 3 N–H and O–H groups in total. The molecule has 1 aromatic rings. The normalized spacial score (nSPS) is 12.5. The maximum absolute atomic E-state index is 12.6. The molecule has 0 saturated heterocycles. The zero-order valence-corrected chi connectivity index (χ0v) is 10.5. The van der Waals surface area contributed by atoms with E-state index in [2.05, 4.69) is 5.32 Å². The lowest BCUT2D eigenvalue weighted by atomic mass is 10.1. The van der Waals surface area contributed by atoms with Crippen LogP contribution in [0, 0.1) is 0 Å². The summed E-state index contributed by atoms with van der Waals surface area (Å²) in [6.45, 7) is -0.258. The fraction of sp³-hybridized carbons (Fsp3) is 0.333. The summed E-state index contributed by atoms with van der Waals surface area (Å²) in [6, 6.07) is 3.29. The van der Waals surface area contributed by atoms with E-state index >= 15 is 0 Å². The third-order valence-electron chi connectivity index (χ3n) is 2.01. The maximum atomic E-state index is 12.6. The molecule has 1 aromatic carbocycles. The molecule has 0 unspecified atom stereocenters. The van der Waals surface area contributed by atoms with E-state index in [1.54, 1.807) is 0 Å². The van der Waals surface area contributed by atoms with E-state index in [0.717, 1.165) is 12.1 Å². The Morgan fingerprint density at radius 3 is 2.44 bits per heavy atom. The summed E-state index contributed by atoms with van der Waals surface area (Å²) in [6.07, 6.45) is -4.57. The minimum Gasteiger partial charge on any atom is -0.382 e. The van der Waals surface area contributed by atoms with Crippen LogP contribution < -0.4 is 10.5 Å². The molecule has 9 heteroatoms. The highest BCUT2D eigenvalue weighted by Gasteiger charge is 2.34. The number of hydrogen-bond acceptors (Lipinski definition) is 3. The van der Waals surface area contributed by atoms with Crippen molar-refractivity contribution in [3.05, 3.63) is 28.8 Å². The quantitative estimate of drug-likeness (QED) is 0.894. The number of primary sulfonamides is 1. The molecule has 18 heavy (non-hydrogen) atoms. The summed E-state index contributed by atoms with van der Waals surface area (Å²) in [5.74, 6) is -0.491. The van der Waals surface area contributed by atoms with Crippen molar-refractivity contribution in [2.75, 3.05) is 17.6 Å². The van der Waals surface area contributed by atoms with Gasteiger partial charge in [0.05, 0.1) is 22.0 Å². The molecule has 0 radical (unpaired) electrons. The Balaban J connectivity index is 2.94. The van der Waals surface area contributed by atoms with Crippen LogP contribution in [0.2, 0.25) is 5.02 Å². The van der Waals surface area contributed by atoms with Gasteiger partial charge in [-0.3, -0.25) is 0 Å². The number of halogens is 4. The summed E-state index contributed by atoms with van der Waals surface area (Å²) in [5.41, 5.74) is -1.31. The molecule has 4 nitrogen and oxygen atoms in total. The Labute approximate surface area is 107 Å². The van der Waals surface area contributed by atoms with Crippen LogP contribution >= 0.6 is 11.6 Å². The second kappa shape index (κ2) is 5.33. The van der Waals surface area contributed by atoms with Crippen molar-refractivity contribution in [1.82, 2.24) is 0 Å². The first-order valence-electron chi connectivity index (χ1n) is 4.71. The number of hydrogen-bond donors (Lipinski definition) is 2. The maximum Gasteiger partial charge on any atom is 0.418 e. The number of para-hydroxylation sites is 1. The van der Waals surface area contributed by atoms with Gasteiger partial charge in [-0.15, -0.1) is 0 Å². The summed E-state index contributed by atoms with van der Waals surface area (Å²) in [4.78, 5) is 0. The molecule has 102 valence electrons. The van der Waals surface area contributed by atoms with Crippen molar-refractivity contribution in [2.45, 2.75) is 6.18 Å². The molecule has 0 aliphatic heterocycles. The molecule has 0 aromatic heterocycles. The van der Waals surface area contributed by atoms with Gasteiger partial charge >= 0.3 is 6.18 Å². The fourth-order valence-corrected chi connectivity index (χ4v) is 1.89. The van der Waals surface area contributed by atoms with E-state index in [1.165, 1.54) is 6.07 Å². The minimum absolute atomic E-state index is 0.140. The number of rotatable bonds is 4. The smallest absolute Gasteiger partial charge is 0.382 e. The average Bonchev–Trinajstić information content (AvgIpc) is 2.16. The van der Waals surface area contributed by atoms with Crippen molar-refractivity contribution in [1.29, 1.82) is 0 Å². The first-order chi connectivity index (χ1) is 8.11. The third kappa shape index (κ3) is 4.35.